The van der Waals surface area contributed by atoms with Crippen LogP contribution in [0.15, 0.2) is 91.1 Å². The van der Waals surface area contributed by atoms with Crippen molar-refractivity contribution in [3.8, 4) is 16.9 Å². The molecule has 2 amide bonds. The molecular weight excluding hydrogens is 463 g/mol. The van der Waals surface area contributed by atoms with E-state index < -0.39 is 24.4 Å². The number of nitrogens with two attached hydrogens (primary N) is 1. The molecule has 0 aliphatic carbocycles. The van der Waals surface area contributed by atoms with E-state index in [0.717, 1.165) is 5.69 Å². The maximum Gasteiger partial charge on any atom is 0.331 e. The summed E-state index contributed by atoms with van der Waals surface area (Å²) >= 11 is 0. The van der Waals surface area contributed by atoms with Gasteiger partial charge in [-0.3, -0.25) is 9.59 Å². The van der Waals surface area contributed by atoms with Crippen LogP contribution in [-0.2, 0) is 14.3 Å². The van der Waals surface area contributed by atoms with Crippen LogP contribution in [-0.4, -0.2) is 34.2 Å². The van der Waals surface area contributed by atoms with E-state index in [9.17, 15) is 18.8 Å². The third-order valence-electron chi connectivity index (χ3n) is 5.08. The summed E-state index contributed by atoms with van der Waals surface area (Å²) in [4.78, 5) is 35.4. The number of anilines is 1. The summed E-state index contributed by atoms with van der Waals surface area (Å²) in [6.07, 6.45) is 4.45. The van der Waals surface area contributed by atoms with Gasteiger partial charge in [-0.1, -0.05) is 18.2 Å². The zero-order valence-electron chi connectivity index (χ0n) is 18.9. The lowest BCUT2D eigenvalue weighted by Gasteiger charge is -2.06. The van der Waals surface area contributed by atoms with E-state index in [1.54, 1.807) is 23.0 Å². The fraction of sp³-hybridized carbons (Fsp3) is 0.0370. The second-order valence-corrected chi connectivity index (χ2v) is 7.65. The molecule has 0 fully saturated rings. The van der Waals surface area contributed by atoms with E-state index >= 15 is 0 Å². The van der Waals surface area contributed by atoms with Gasteiger partial charge in [0.15, 0.2) is 6.61 Å². The lowest BCUT2D eigenvalue weighted by Crippen LogP contribution is -2.20. The normalized spacial score (nSPS) is 10.8. The van der Waals surface area contributed by atoms with Gasteiger partial charge >= 0.3 is 5.97 Å². The molecule has 0 bridgehead atoms. The Morgan fingerprint density at radius 1 is 0.972 bits per heavy atom. The maximum atomic E-state index is 13.4. The van der Waals surface area contributed by atoms with Crippen LogP contribution in [0.3, 0.4) is 0 Å². The summed E-state index contributed by atoms with van der Waals surface area (Å²) in [5.41, 5.74) is 8.53. The zero-order chi connectivity index (χ0) is 25.5. The van der Waals surface area contributed by atoms with E-state index in [0.29, 0.717) is 28.1 Å². The Labute approximate surface area is 205 Å². The van der Waals surface area contributed by atoms with Gasteiger partial charge in [-0.15, -0.1) is 0 Å². The Morgan fingerprint density at radius 3 is 2.33 bits per heavy atom. The van der Waals surface area contributed by atoms with Crippen LogP contribution in [0.25, 0.3) is 23.0 Å². The van der Waals surface area contributed by atoms with Gasteiger partial charge in [0.05, 0.1) is 11.4 Å². The number of aromatic nitrogens is 2. The summed E-state index contributed by atoms with van der Waals surface area (Å²) in [6.45, 7) is -0.505. The quantitative estimate of drug-likeness (QED) is 0.290. The first-order valence-electron chi connectivity index (χ1n) is 10.8. The number of rotatable bonds is 8. The molecule has 4 aromatic rings. The Bertz CT molecular complexity index is 1410. The highest BCUT2D eigenvalue weighted by molar-refractivity contribution is 5.96. The number of carbonyl (C=O) groups excluding carboxylic acids is 3. The Morgan fingerprint density at radius 2 is 1.67 bits per heavy atom. The summed E-state index contributed by atoms with van der Waals surface area (Å²) in [6, 6.07) is 21.2. The molecule has 8 nitrogen and oxygen atoms in total. The van der Waals surface area contributed by atoms with Crippen LogP contribution < -0.4 is 11.1 Å². The molecule has 1 heterocycles. The topological polar surface area (TPSA) is 116 Å². The highest BCUT2D eigenvalue weighted by Gasteiger charge is 2.12. The molecule has 0 radical (unpaired) electrons. The number of para-hydroxylation sites is 1. The fourth-order valence-electron chi connectivity index (χ4n) is 3.31. The molecule has 0 atom stereocenters. The van der Waals surface area contributed by atoms with E-state index in [2.05, 4.69) is 10.4 Å². The highest BCUT2D eigenvalue weighted by atomic mass is 19.1. The summed E-state index contributed by atoms with van der Waals surface area (Å²) in [5.74, 6) is -2.23. The largest absolute Gasteiger partial charge is 0.452 e. The van der Waals surface area contributed by atoms with Crippen molar-refractivity contribution in [1.82, 2.24) is 9.78 Å². The predicted molar refractivity (Wildman–Crippen MR) is 133 cm³/mol. The number of benzene rings is 3. The molecule has 0 spiro atoms. The monoisotopic (exact) mass is 484 g/mol. The van der Waals surface area contributed by atoms with Gasteiger partial charge in [-0.05, 0) is 66.7 Å². The SMILES string of the molecule is NC(=O)c1ccc(NC(=O)COC(=O)C=Cc2cn(-c3ccccc3)nc2-c2ccc(F)cc2)cc1. The van der Waals surface area contributed by atoms with E-state index in [-0.39, 0.29) is 5.82 Å². The summed E-state index contributed by atoms with van der Waals surface area (Å²) in [7, 11) is 0. The van der Waals surface area contributed by atoms with Gasteiger partial charge < -0.3 is 15.8 Å². The molecule has 36 heavy (non-hydrogen) atoms. The minimum absolute atomic E-state index is 0.306. The first kappa shape index (κ1) is 24.1. The third-order valence-corrected chi connectivity index (χ3v) is 5.08. The molecule has 0 saturated heterocycles. The predicted octanol–water partition coefficient (Wildman–Crippen LogP) is 3.97. The molecule has 1 aromatic heterocycles. The van der Waals surface area contributed by atoms with Crippen molar-refractivity contribution in [2.75, 3.05) is 11.9 Å². The van der Waals surface area contributed by atoms with Crippen molar-refractivity contribution in [2.45, 2.75) is 0 Å². The number of carbonyl (C=O) groups is 3. The molecule has 0 unspecified atom stereocenters. The number of hydrogen-bond donors (Lipinski definition) is 2. The number of ether oxygens (including phenoxy) is 1. The smallest absolute Gasteiger partial charge is 0.331 e. The van der Waals surface area contributed by atoms with Crippen molar-refractivity contribution in [3.63, 3.8) is 0 Å². The van der Waals surface area contributed by atoms with Crippen molar-refractivity contribution >= 4 is 29.5 Å². The lowest BCUT2D eigenvalue weighted by molar-refractivity contribution is -0.142. The van der Waals surface area contributed by atoms with E-state index in [1.807, 2.05) is 30.3 Å². The van der Waals surface area contributed by atoms with Crippen molar-refractivity contribution in [2.24, 2.45) is 5.73 Å². The van der Waals surface area contributed by atoms with Crippen LogP contribution in [0.1, 0.15) is 15.9 Å². The minimum atomic E-state index is -0.730. The Balaban J connectivity index is 1.43. The van der Waals surface area contributed by atoms with E-state index in [4.69, 9.17) is 10.5 Å². The van der Waals surface area contributed by atoms with Crippen molar-refractivity contribution in [1.29, 1.82) is 0 Å². The number of hydrogen-bond acceptors (Lipinski definition) is 5. The van der Waals surface area contributed by atoms with Gasteiger partial charge in [0, 0.05) is 34.7 Å². The average molecular weight is 484 g/mol. The number of amides is 2. The lowest BCUT2D eigenvalue weighted by atomic mass is 10.1. The van der Waals surface area contributed by atoms with Gasteiger partial charge in [-0.25, -0.2) is 13.9 Å². The molecule has 0 saturated carbocycles. The molecular formula is C27H21FN4O4. The Kier molecular flexibility index (Phi) is 7.30. The van der Waals surface area contributed by atoms with Gasteiger partial charge in [0.1, 0.15) is 5.82 Å². The molecule has 0 aliphatic rings. The highest BCUT2D eigenvalue weighted by Crippen LogP contribution is 2.25. The van der Waals surface area contributed by atoms with Gasteiger partial charge in [0.25, 0.3) is 5.91 Å². The first-order chi connectivity index (χ1) is 17.4. The summed E-state index contributed by atoms with van der Waals surface area (Å²) < 4.78 is 20.1. The second-order valence-electron chi connectivity index (χ2n) is 7.65. The van der Waals surface area contributed by atoms with E-state index in [1.165, 1.54) is 48.6 Å². The third kappa shape index (κ3) is 6.09. The molecule has 3 aromatic carbocycles. The van der Waals surface area contributed by atoms with Gasteiger partial charge in [0.2, 0.25) is 5.91 Å². The number of nitrogens with zero attached hydrogens (tertiary/aromatic N) is 2. The molecule has 9 heteroatoms. The van der Waals surface area contributed by atoms with Crippen LogP contribution in [0.5, 0.6) is 0 Å². The molecule has 180 valence electrons. The molecule has 4 rings (SSSR count). The molecule has 3 N–H and O–H groups in total. The zero-order valence-corrected chi connectivity index (χ0v) is 18.9. The Hall–Kier alpha value is -5.05. The van der Waals surface area contributed by atoms with Gasteiger partial charge in [-0.2, -0.15) is 5.10 Å². The number of halogens is 1. The standard InChI is InChI=1S/C27H21FN4O4/c28-21-11-6-18(7-12-21)26-20(16-32(31-26)23-4-2-1-3-5-23)10-15-25(34)36-17-24(33)30-22-13-8-19(9-14-22)27(29)35/h1-16H,17H2,(H2,29,35)(H,30,33). The van der Waals surface area contributed by atoms with Crippen LogP contribution in [0.2, 0.25) is 0 Å². The fourth-order valence-corrected chi connectivity index (χ4v) is 3.31. The number of primary amides is 1. The van der Waals surface area contributed by atoms with Crippen LogP contribution in [0, 0.1) is 5.82 Å². The molecule has 0 aliphatic heterocycles. The second kappa shape index (κ2) is 10.9. The van der Waals surface area contributed by atoms with Crippen LogP contribution in [0.4, 0.5) is 10.1 Å². The average Bonchev–Trinajstić information content (AvgIpc) is 3.32. The first-order valence-corrected chi connectivity index (χ1v) is 10.8. The van der Waals surface area contributed by atoms with Crippen molar-refractivity contribution < 1.29 is 23.5 Å². The summed E-state index contributed by atoms with van der Waals surface area (Å²) in [5, 5.41) is 7.15. The van der Waals surface area contributed by atoms with Crippen molar-refractivity contribution in [3.05, 3.63) is 108 Å². The van der Waals surface area contributed by atoms with Crippen LogP contribution >= 0.6 is 0 Å². The maximum absolute atomic E-state index is 13.4. The minimum Gasteiger partial charge on any atom is -0.452 e. The number of nitrogens with one attached hydrogen (secondary N) is 1. The number of esters is 1.